The summed E-state index contributed by atoms with van der Waals surface area (Å²) in [7, 11) is 0. The molecule has 0 amide bonds. The van der Waals surface area contributed by atoms with Gasteiger partial charge in [-0.25, -0.2) is 4.39 Å². The second kappa shape index (κ2) is 5.22. The van der Waals surface area contributed by atoms with Crippen molar-refractivity contribution in [2.75, 3.05) is 19.8 Å². The highest BCUT2D eigenvalue weighted by molar-refractivity contribution is 5.76. The second-order valence-corrected chi connectivity index (χ2v) is 4.01. The number of halogens is 1. The Morgan fingerprint density at radius 1 is 1.44 bits per heavy atom. The van der Waals surface area contributed by atoms with Crippen molar-refractivity contribution in [3.63, 3.8) is 0 Å². The third kappa shape index (κ3) is 2.38. The number of carbonyl (C=O) groups is 1. The molecule has 0 saturated heterocycles. The molecule has 1 aromatic carbocycles. The molecule has 1 aliphatic rings. The van der Waals surface area contributed by atoms with E-state index in [-0.39, 0.29) is 23.6 Å². The van der Waals surface area contributed by atoms with Crippen LogP contribution in [0.5, 0.6) is 11.5 Å². The first kappa shape index (κ1) is 12.6. The Kier molecular flexibility index (Phi) is 3.66. The SMILES string of the molecule is NCC(C(=O)O)c1cc(F)c2c(c1)OCCCO2. The molecule has 0 saturated carbocycles. The molecule has 1 unspecified atom stereocenters. The number of aliphatic carboxylic acids is 1. The quantitative estimate of drug-likeness (QED) is 0.845. The lowest BCUT2D eigenvalue weighted by atomic mass is 9.99. The van der Waals surface area contributed by atoms with Gasteiger partial charge in [-0.3, -0.25) is 4.79 Å². The highest BCUT2D eigenvalue weighted by Gasteiger charge is 2.23. The molecule has 0 bridgehead atoms. The molecule has 1 aliphatic heterocycles. The van der Waals surface area contributed by atoms with Crippen LogP contribution in [0.1, 0.15) is 17.9 Å². The van der Waals surface area contributed by atoms with Gasteiger partial charge in [0.15, 0.2) is 17.3 Å². The minimum absolute atomic E-state index is 0.0393. The zero-order valence-corrected chi connectivity index (χ0v) is 9.69. The average Bonchev–Trinajstić information content (AvgIpc) is 2.55. The van der Waals surface area contributed by atoms with E-state index >= 15 is 0 Å². The van der Waals surface area contributed by atoms with Crippen molar-refractivity contribution in [2.45, 2.75) is 12.3 Å². The fraction of sp³-hybridized carbons (Fsp3) is 0.417. The molecule has 1 heterocycles. The monoisotopic (exact) mass is 255 g/mol. The molecule has 0 radical (unpaired) electrons. The number of rotatable bonds is 3. The van der Waals surface area contributed by atoms with Gasteiger partial charge in [-0.2, -0.15) is 0 Å². The van der Waals surface area contributed by atoms with Crippen LogP contribution in [-0.4, -0.2) is 30.8 Å². The van der Waals surface area contributed by atoms with Gasteiger partial charge in [-0.15, -0.1) is 0 Å². The van der Waals surface area contributed by atoms with Gasteiger partial charge in [0.25, 0.3) is 0 Å². The lowest BCUT2D eigenvalue weighted by Crippen LogP contribution is -2.21. The third-order valence-electron chi connectivity index (χ3n) is 2.76. The maximum Gasteiger partial charge on any atom is 0.312 e. The molecule has 1 atom stereocenters. The van der Waals surface area contributed by atoms with Gasteiger partial charge in [0, 0.05) is 13.0 Å². The first-order chi connectivity index (χ1) is 8.63. The standard InChI is InChI=1S/C12H14FNO4/c13-9-4-7(8(6-14)12(15)16)5-10-11(9)18-3-1-2-17-10/h4-5,8H,1-3,6,14H2,(H,15,16). The summed E-state index contributed by atoms with van der Waals surface area (Å²) in [5.41, 5.74) is 5.67. The smallest absolute Gasteiger partial charge is 0.312 e. The Balaban J connectivity index is 2.42. The Labute approximate surface area is 103 Å². The zero-order valence-electron chi connectivity index (χ0n) is 9.69. The van der Waals surface area contributed by atoms with Gasteiger partial charge in [0.1, 0.15) is 0 Å². The molecule has 5 nitrogen and oxygen atoms in total. The minimum Gasteiger partial charge on any atom is -0.489 e. The van der Waals surface area contributed by atoms with Crippen molar-refractivity contribution in [3.8, 4) is 11.5 Å². The van der Waals surface area contributed by atoms with Crippen LogP contribution < -0.4 is 15.2 Å². The summed E-state index contributed by atoms with van der Waals surface area (Å²) in [6.07, 6.45) is 0.655. The summed E-state index contributed by atoms with van der Waals surface area (Å²) in [5.74, 6) is -2.38. The topological polar surface area (TPSA) is 81.8 Å². The van der Waals surface area contributed by atoms with Crippen LogP contribution in [0.25, 0.3) is 0 Å². The molecule has 98 valence electrons. The van der Waals surface area contributed by atoms with Crippen molar-refractivity contribution >= 4 is 5.97 Å². The predicted molar refractivity (Wildman–Crippen MR) is 61.4 cm³/mol. The maximum absolute atomic E-state index is 13.8. The number of carboxylic acids is 1. The third-order valence-corrected chi connectivity index (χ3v) is 2.76. The molecule has 3 N–H and O–H groups in total. The van der Waals surface area contributed by atoms with Crippen molar-refractivity contribution in [1.29, 1.82) is 0 Å². The van der Waals surface area contributed by atoms with Crippen molar-refractivity contribution in [2.24, 2.45) is 5.73 Å². The number of nitrogens with two attached hydrogens (primary N) is 1. The Morgan fingerprint density at radius 2 is 2.17 bits per heavy atom. The van der Waals surface area contributed by atoms with Crippen LogP contribution in [0, 0.1) is 5.82 Å². The minimum atomic E-state index is -1.09. The van der Waals surface area contributed by atoms with Crippen LogP contribution in [0.2, 0.25) is 0 Å². The zero-order chi connectivity index (χ0) is 13.1. The normalized spacial score (nSPS) is 15.9. The van der Waals surface area contributed by atoms with Crippen molar-refractivity contribution < 1.29 is 23.8 Å². The molecular weight excluding hydrogens is 241 g/mol. The Hall–Kier alpha value is -1.82. The molecule has 2 rings (SSSR count). The van der Waals surface area contributed by atoms with Crippen LogP contribution in [0.3, 0.4) is 0 Å². The van der Waals surface area contributed by atoms with Crippen molar-refractivity contribution in [3.05, 3.63) is 23.5 Å². The summed E-state index contributed by atoms with van der Waals surface area (Å²) in [6, 6.07) is 2.62. The number of fused-ring (bicyclic) bond motifs is 1. The average molecular weight is 255 g/mol. The van der Waals surface area contributed by atoms with E-state index in [9.17, 15) is 9.18 Å². The lowest BCUT2D eigenvalue weighted by Gasteiger charge is -2.14. The van der Waals surface area contributed by atoms with E-state index in [0.717, 1.165) is 6.07 Å². The van der Waals surface area contributed by atoms with Gasteiger partial charge in [0.05, 0.1) is 19.1 Å². The highest BCUT2D eigenvalue weighted by Crippen LogP contribution is 2.35. The van der Waals surface area contributed by atoms with Crippen molar-refractivity contribution in [1.82, 2.24) is 0 Å². The molecule has 0 aromatic heterocycles. The molecule has 18 heavy (non-hydrogen) atoms. The highest BCUT2D eigenvalue weighted by atomic mass is 19.1. The van der Waals surface area contributed by atoms with Crippen LogP contribution >= 0.6 is 0 Å². The van der Waals surface area contributed by atoms with E-state index in [4.69, 9.17) is 20.3 Å². The van der Waals surface area contributed by atoms with Crippen LogP contribution in [-0.2, 0) is 4.79 Å². The second-order valence-electron chi connectivity index (χ2n) is 4.01. The number of carboxylic acid groups (broad SMARTS) is 1. The molecule has 0 spiro atoms. The van der Waals surface area contributed by atoms with Gasteiger partial charge in [-0.05, 0) is 17.7 Å². The van der Waals surface area contributed by atoms with E-state index in [1.165, 1.54) is 6.07 Å². The number of hydrogen-bond acceptors (Lipinski definition) is 4. The fourth-order valence-corrected chi connectivity index (χ4v) is 1.83. The van der Waals surface area contributed by atoms with Gasteiger partial charge < -0.3 is 20.3 Å². The fourth-order valence-electron chi connectivity index (χ4n) is 1.83. The molecule has 1 aromatic rings. The van der Waals surface area contributed by atoms with Gasteiger partial charge in [-0.1, -0.05) is 0 Å². The number of hydrogen-bond donors (Lipinski definition) is 2. The number of benzene rings is 1. The van der Waals surface area contributed by atoms with Gasteiger partial charge in [0.2, 0.25) is 0 Å². The summed E-state index contributed by atoms with van der Waals surface area (Å²) in [6.45, 7) is 0.688. The molecule has 0 fully saturated rings. The molecule has 6 heteroatoms. The molecular formula is C12H14FNO4. The van der Waals surface area contributed by atoms with E-state index in [1.54, 1.807) is 0 Å². The Morgan fingerprint density at radius 3 is 2.83 bits per heavy atom. The summed E-state index contributed by atoms with van der Waals surface area (Å²) < 4.78 is 24.4. The van der Waals surface area contributed by atoms with E-state index in [2.05, 4.69) is 0 Å². The summed E-state index contributed by atoms with van der Waals surface area (Å²) >= 11 is 0. The Bertz CT molecular complexity index is 464. The van der Waals surface area contributed by atoms with Crippen LogP contribution in [0.15, 0.2) is 12.1 Å². The van der Waals surface area contributed by atoms with Crippen LogP contribution in [0.4, 0.5) is 4.39 Å². The number of ether oxygens (including phenoxy) is 2. The predicted octanol–water partition coefficient (Wildman–Crippen LogP) is 1.11. The first-order valence-corrected chi connectivity index (χ1v) is 5.65. The maximum atomic E-state index is 13.8. The largest absolute Gasteiger partial charge is 0.489 e. The van der Waals surface area contributed by atoms with E-state index in [0.29, 0.717) is 19.6 Å². The van der Waals surface area contributed by atoms with E-state index < -0.39 is 17.7 Å². The summed E-state index contributed by atoms with van der Waals surface area (Å²) in [5, 5.41) is 9.00. The van der Waals surface area contributed by atoms with Gasteiger partial charge >= 0.3 is 5.97 Å². The molecule has 0 aliphatic carbocycles. The lowest BCUT2D eigenvalue weighted by molar-refractivity contribution is -0.138. The first-order valence-electron chi connectivity index (χ1n) is 5.65. The van der Waals surface area contributed by atoms with E-state index in [1.807, 2.05) is 0 Å². The summed E-state index contributed by atoms with van der Waals surface area (Å²) in [4.78, 5) is 11.0.